The molecular weight excluding hydrogens is 348 g/mol. The second kappa shape index (κ2) is 8.25. The first-order valence-electron chi connectivity index (χ1n) is 9.37. The number of aromatic nitrogens is 1. The summed E-state index contributed by atoms with van der Waals surface area (Å²) in [6, 6.07) is 8.08. The van der Waals surface area contributed by atoms with Crippen LogP contribution in [0.25, 0.3) is 10.2 Å². The van der Waals surface area contributed by atoms with E-state index in [9.17, 15) is 4.79 Å². The highest BCUT2D eigenvalue weighted by Crippen LogP contribution is 2.28. The fraction of sp³-hybridized carbons (Fsp3) is 0.600. The molecule has 0 aliphatic carbocycles. The molecule has 1 atom stereocenters. The maximum absolute atomic E-state index is 12.2. The molecule has 1 aromatic heterocycles. The topological polar surface area (TPSA) is 51.7 Å². The molecule has 2 heterocycles. The smallest absolute Gasteiger partial charge is 0.410 e. The van der Waals surface area contributed by atoms with E-state index in [4.69, 9.17) is 9.47 Å². The SMILES string of the molecule is CC(C)(C)OC(=O)N1CCCC(CCCOc2nc3ccccc3s2)C1. The van der Waals surface area contributed by atoms with Crippen molar-refractivity contribution in [2.24, 2.45) is 5.92 Å². The zero-order valence-electron chi connectivity index (χ0n) is 15.9. The third kappa shape index (κ3) is 5.34. The Hall–Kier alpha value is -1.82. The predicted molar refractivity (Wildman–Crippen MR) is 105 cm³/mol. The zero-order valence-corrected chi connectivity index (χ0v) is 16.7. The molecule has 3 rings (SSSR count). The number of hydrogen-bond acceptors (Lipinski definition) is 5. The quantitative estimate of drug-likeness (QED) is 0.681. The van der Waals surface area contributed by atoms with Crippen molar-refractivity contribution < 1.29 is 14.3 Å². The highest BCUT2D eigenvalue weighted by molar-refractivity contribution is 7.20. The lowest BCUT2D eigenvalue weighted by molar-refractivity contribution is 0.0159. The molecule has 0 saturated carbocycles. The van der Waals surface area contributed by atoms with E-state index in [0.29, 0.717) is 12.5 Å². The second-order valence-corrected chi connectivity index (χ2v) is 8.87. The maximum atomic E-state index is 12.2. The van der Waals surface area contributed by atoms with Gasteiger partial charge < -0.3 is 14.4 Å². The maximum Gasteiger partial charge on any atom is 0.410 e. The van der Waals surface area contributed by atoms with Crippen LogP contribution in [0.1, 0.15) is 46.5 Å². The lowest BCUT2D eigenvalue weighted by Gasteiger charge is -2.34. The highest BCUT2D eigenvalue weighted by atomic mass is 32.1. The number of amides is 1. The van der Waals surface area contributed by atoms with Crippen molar-refractivity contribution in [1.82, 2.24) is 9.88 Å². The Balaban J connectivity index is 1.41. The summed E-state index contributed by atoms with van der Waals surface area (Å²) in [5.74, 6) is 0.523. The number of piperidine rings is 1. The molecule has 0 radical (unpaired) electrons. The number of para-hydroxylation sites is 1. The van der Waals surface area contributed by atoms with Crippen LogP contribution < -0.4 is 4.74 Å². The van der Waals surface area contributed by atoms with Gasteiger partial charge in [-0.15, -0.1) is 0 Å². The first-order chi connectivity index (χ1) is 12.4. The van der Waals surface area contributed by atoms with Gasteiger partial charge in [0.05, 0.1) is 16.8 Å². The number of benzene rings is 1. The molecule has 6 heteroatoms. The number of ether oxygens (including phenoxy) is 2. The Bertz CT molecular complexity index is 705. The Morgan fingerprint density at radius 1 is 1.35 bits per heavy atom. The zero-order chi connectivity index (χ0) is 18.6. The van der Waals surface area contributed by atoms with Gasteiger partial charge in [0, 0.05) is 13.1 Å². The predicted octanol–water partition coefficient (Wildman–Crippen LogP) is 5.10. The van der Waals surface area contributed by atoms with Crippen LogP contribution in [0.2, 0.25) is 0 Å². The van der Waals surface area contributed by atoms with Crippen molar-refractivity contribution in [3.8, 4) is 5.19 Å². The van der Waals surface area contributed by atoms with Crippen molar-refractivity contribution in [3.05, 3.63) is 24.3 Å². The molecule has 142 valence electrons. The Morgan fingerprint density at radius 3 is 2.92 bits per heavy atom. The van der Waals surface area contributed by atoms with Crippen LogP contribution in [0, 0.1) is 5.92 Å². The van der Waals surface area contributed by atoms with E-state index in [-0.39, 0.29) is 6.09 Å². The monoisotopic (exact) mass is 376 g/mol. The van der Waals surface area contributed by atoms with E-state index < -0.39 is 5.60 Å². The molecule has 1 unspecified atom stereocenters. The van der Waals surface area contributed by atoms with Crippen molar-refractivity contribution in [2.45, 2.75) is 52.1 Å². The molecule has 2 aromatic rings. The second-order valence-electron chi connectivity index (χ2n) is 7.87. The fourth-order valence-corrected chi connectivity index (χ4v) is 4.08. The van der Waals surface area contributed by atoms with Gasteiger partial charge in [-0.05, 0) is 64.5 Å². The summed E-state index contributed by atoms with van der Waals surface area (Å²) in [7, 11) is 0. The summed E-state index contributed by atoms with van der Waals surface area (Å²) in [5.41, 5.74) is 0.558. The Labute approximate surface area is 159 Å². The molecule has 0 bridgehead atoms. The fourth-order valence-electron chi connectivity index (χ4n) is 3.24. The summed E-state index contributed by atoms with van der Waals surface area (Å²) in [4.78, 5) is 18.6. The molecule has 0 N–H and O–H groups in total. The summed E-state index contributed by atoms with van der Waals surface area (Å²) < 4.78 is 12.5. The van der Waals surface area contributed by atoms with Gasteiger partial charge in [-0.3, -0.25) is 0 Å². The molecule has 1 aromatic carbocycles. The number of likely N-dealkylation sites (tertiary alicyclic amines) is 1. The van der Waals surface area contributed by atoms with Gasteiger partial charge in [0.15, 0.2) is 0 Å². The Kier molecular flexibility index (Phi) is 6.01. The van der Waals surface area contributed by atoms with Gasteiger partial charge in [0.25, 0.3) is 5.19 Å². The number of nitrogens with zero attached hydrogens (tertiary/aromatic N) is 2. The van der Waals surface area contributed by atoms with Gasteiger partial charge in [-0.25, -0.2) is 9.78 Å². The van der Waals surface area contributed by atoms with Gasteiger partial charge in [0.1, 0.15) is 5.60 Å². The molecule has 1 aliphatic rings. The minimum Gasteiger partial charge on any atom is -0.470 e. The third-order valence-corrected chi connectivity index (χ3v) is 5.38. The van der Waals surface area contributed by atoms with E-state index in [0.717, 1.165) is 47.8 Å². The van der Waals surface area contributed by atoms with Gasteiger partial charge in [-0.1, -0.05) is 23.5 Å². The largest absolute Gasteiger partial charge is 0.470 e. The van der Waals surface area contributed by atoms with Crippen LogP contribution in [0.5, 0.6) is 5.19 Å². The van der Waals surface area contributed by atoms with Crippen LogP contribution in [0.3, 0.4) is 0 Å². The van der Waals surface area contributed by atoms with Gasteiger partial charge in [0.2, 0.25) is 0 Å². The molecule has 1 saturated heterocycles. The molecule has 1 aliphatic heterocycles. The summed E-state index contributed by atoms with van der Waals surface area (Å²) in [6.07, 6.45) is 4.06. The summed E-state index contributed by atoms with van der Waals surface area (Å²) in [6.45, 7) is 7.98. The van der Waals surface area contributed by atoms with Crippen LogP contribution in [0.15, 0.2) is 24.3 Å². The summed E-state index contributed by atoms with van der Waals surface area (Å²) >= 11 is 1.59. The average molecular weight is 377 g/mol. The minimum atomic E-state index is -0.435. The third-order valence-electron chi connectivity index (χ3n) is 4.43. The van der Waals surface area contributed by atoms with E-state index in [1.165, 1.54) is 6.42 Å². The highest BCUT2D eigenvalue weighted by Gasteiger charge is 2.27. The van der Waals surface area contributed by atoms with Crippen molar-refractivity contribution >= 4 is 27.6 Å². The molecule has 0 spiro atoms. The normalized spacial score (nSPS) is 18.1. The number of carbonyl (C=O) groups excluding carboxylic acids is 1. The lowest BCUT2D eigenvalue weighted by Crippen LogP contribution is -2.42. The summed E-state index contributed by atoms with van der Waals surface area (Å²) in [5, 5.41) is 0.741. The number of carbonyl (C=O) groups is 1. The number of rotatable bonds is 5. The average Bonchev–Trinajstić information content (AvgIpc) is 3.00. The number of thiazole rings is 1. The van der Waals surface area contributed by atoms with Crippen LogP contribution in [-0.2, 0) is 4.74 Å². The lowest BCUT2D eigenvalue weighted by atomic mass is 9.94. The standard InChI is InChI=1S/C20H28N2O3S/c1-20(2,3)25-19(23)22-12-6-8-15(14-22)9-7-13-24-18-21-16-10-4-5-11-17(16)26-18/h4-5,10-11,15H,6-9,12-14H2,1-3H3. The van der Waals surface area contributed by atoms with E-state index in [1.807, 2.05) is 43.9 Å². The molecule has 5 nitrogen and oxygen atoms in total. The molecule has 26 heavy (non-hydrogen) atoms. The van der Waals surface area contributed by atoms with Crippen LogP contribution in [-0.4, -0.2) is 41.3 Å². The van der Waals surface area contributed by atoms with Crippen LogP contribution >= 0.6 is 11.3 Å². The van der Waals surface area contributed by atoms with Crippen LogP contribution in [0.4, 0.5) is 4.79 Å². The molecular formula is C20H28N2O3S. The molecule has 1 amide bonds. The van der Waals surface area contributed by atoms with Crippen molar-refractivity contribution in [2.75, 3.05) is 19.7 Å². The van der Waals surface area contributed by atoms with Gasteiger partial charge in [-0.2, -0.15) is 0 Å². The van der Waals surface area contributed by atoms with Crippen molar-refractivity contribution in [1.29, 1.82) is 0 Å². The van der Waals surface area contributed by atoms with E-state index >= 15 is 0 Å². The number of fused-ring (bicyclic) bond motifs is 1. The first-order valence-corrected chi connectivity index (χ1v) is 10.2. The van der Waals surface area contributed by atoms with Gasteiger partial charge >= 0.3 is 6.09 Å². The minimum absolute atomic E-state index is 0.187. The first kappa shape index (κ1) is 19.0. The van der Waals surface area contributed by atoms with E-state index in [1.54, 1.807) is 11.3 Å². The Morgan fingerprint density at radius 2 is 2.15 bits per heavy atom. The number of hydrogen-bond donors (Lipinski definition) is 0. The molecule has 1 fully saturated rings. The van der Waals surface area contributed by atoms with Crippen molar-refractivity contribution in [3.63, 3.8) is 0 Å². The van der Waals surface area contributed by atoms with E-state index in [2.05, 4.69) is 11.1 Å².